The van der Waals surface area contributed by atoms with E-state index in [1.54, 1.807) is 36.3 Å². The van der Waals surface area contributed by atoms with Crippen molar-refractivity contribution in [3.05, 3.63) is 65.0 Å². The number of pyridine rings is 1. The summed E-state index contributed by atoms with van der Waals surface area (Å²) >= 11 is 0. The second-order valence-electron chi connectivity index (χ2n) is 5.79. The predicted molar refractivity (Wildman–Crippen MR) is 87.5 cm³/mol. The van der Waals surface area contributed by atoms with Crippen LogP contribution in [0, 0.1) is 0 Å². The molecule has 1 amide bonds. The van der Waals surface area contributed by atoms with Gasteiger partial charge in [-0.25, -0.2) is 4.79 Å². The van der Waals surface area contributed by atoms with Crippen molar-refractivity contribution in [2.24, 2.45) is 0 Å². The molecule has 0 radical (unpaired) electrons. The average Bonchev–Trinajstić information content (AvgIpc) is 2.54. The highest BCUT2D eigenvalue weighted by atomic mass is 16.4. The molecule has 0 saturated carbocycles. The highest BCUT2D eigenvalue weighted by Gasteiger charge is 2.14. The molecule has 0 bridgehead atoms. The summed E-state index contributed by atoms with van der Waals surface area (Å²) in [4.78, 5) is 29.0. The Balaban J connectivity index is 2.05. The maximum atomic E-state index is 12.4. The van der Waals surface area contributed by atoms with Crippen molar-refractivity contribution in [1.82, 2.24) is 9.88 Å². The first-order valence-electron chi connectivity index (χ1n) is 7.42. The molecule has 120 valence electrons. The highest BCUT2D eigenvalue weighted by molar-refractivity contribution is 5.92. The van der Waals surface area contributed by atoms with Gasteiger partial charge in [-0.05, 0) is 35.2 Å². The maximum Gasteiger partial charge on any atom is 0.335 e. The molecule has 1 heterocycles. The number of carboxylic acid groups (broad SMARTS) is 1. The van der Waals surface area contributed by atoms with Gasteiger partial charge in [-0.15, -0.1) is 0 Å². The lowest BCUT2D eigenvalue weighted by Crippen LogP contribution is -2.27. The molecular formula is C18H20N2O3. The number of rotatable bonds is 5. The summed E-state index contributed by atoms with van der Waals surface area (Å²) in [6.45, 7) is 4.54. The van der Waals surface area contributed by atoms with E-state index in [0.717, 1.165) is 11.1 Å². The minimum Gasteiger partial charge on any atom is -0.478 e. The summed E-state index contributed by atoms with van der Waals surface area (Å²) < 4.78 is 0. The van der Waals surface area contributed by atoms with Crippen LogP contribution in [0.2, 0.25) is 0 Å². The third kappa shape index (κ3) is 4.16. The third-order valence-corrected chi connectivity index (χ3v) is 3.64. The van der Waals surface area contributed by atoms with E-state index in [1.807, 2.05) is 6.07 Å². The fraction of sp³-hybridized carbons (Fsp3) is 0.278. The molecule has 23 heavy (non-hydrogen) atoms. The third-order valence-electron chi connectivity index (χ3n) is 3.64. The Labute approximate surface area is 135 Å². The van der Waals surface area contributed by atoms with Crippen LogP contribution in [0.4, 0.5) is 0 Å². The molecular weight excluding hydrogens is 292 g/mol. The van der Waals surface area contributed by atoms with Crippen molar-refractivity contribution in [2.45, 2.75) is 26.3 Å². The van der Waals surface area contributed by atoms with Crippen LogP contribution in [0.1, 0.15) is 51.7 Å². The van der Waals surface area contributed by atoms with Crippen molar-refractivity contribution < 1.29 is 14.7 Å². The van der Waals surface area contributed by atoms with Crippen LogP contribution in [-0.4, -0.2) is 33.9 Å². The zero-order valence-electron chi connectivity index (χ0n) is 13.5. The number of aromatic carboxylic acids is 1. The van der Waals surface area contributed by atoms with Gasteiger partial charge in [0.1, 0.15) is 5.69 Å². The molecule has 0 spiro atoms. The van der Waals surface area contributed by atoms with Gasteiger partial charge in [-0.3, -0.25) is 9.78 Å². The van der Waals surface area contributed by atoms with Crippen LogP contribution in [0.25, 0.3) is 0 Å². The molecule has 1 aromatic carbocycles. The fourth-order valence-corrected chi connectivity index (χ4v) is 2.17. The lowest BCUT2D eigenvalue weighted by atomic mass is 10.1. The fourth-order valence-electron chi connectivity index (χ4n) is 2.17. The Morgan fingerprint density at radius 3 is 2.26 bits per heavy atom. The van der Waals surface area contributed by atoms with Gasteiger partial charge in [0, 0.05) is 19.8 Å². The van der Waals surface area contributed by atoms with Crippen LogP contribution >= 0.6 is 0 Å². The average molecular weight is 312 g/mol. The molecule has 2 rings (SSSR count). The number of amides is 1. The van der Waals surface area contributed by atoms with E-state index in [1.165, 1.54) is 12.1 Å². The molecule has 1 aromatic heterocycles. The molecule has 2 aromatic rings. The molecule has 0 aliphatic carbocycles. The number of carboxylic acids is 1. The number of hydrogen-bond donors (Lipinski definition) is 1. The first-order chi connectivity index (χ1) is 10.9. The lowest BCUT2D eigenvalue weighted by molar-refractivity contribution is 0.0695. The monoisotopic (exact) mass is 312 g/mol. The van der Waals surface area contributed by atoms with E-state index in [0.29, 0.717) is 18.2 Å². The largest absolute Gasteiger partial charge is 0.478 e. The Kier molecular flexibility index (Phi) is 5.11. The Morgan fingerprint density at radius 2 is 1.78 bits per heavy atom. The van der Waals surface area contributed by atoms with E-state index in [2.05, 4.69) is 18.8 Å². The molecule has 0 aliphatic rings. The highest BCUT2D eigenvalue weighted by Crippen LogP contribution is 2.14. The molecule has 0 unspecified atom stereocenters. The van der Waals surface area contributed by atoms with Crippen LogP contribution in [0.3, 0.4) is 0 Å². The first kappa shape index (κ1) is 16.7. The lowest BCUT2D eigenvalue weighted by Gasteiger charge is -2.17. The zero-order chi connectivity index (χ0) is 17.0. The molecule has 5 nitrogen and oxygen atoms in total. The minimum absolute atomic E-state index is 0.164. The first-order valence-corrected chi connectivity index (χ1v) is 7.42. The van der Waals surface area contributed by atoms with Gasteiger partial charge in [0.05, 0.1) is 5.56 Å². The van der Waals surface area contributed by atoms with Crippen molar-refractivity contribution in [2.75, 3.05) is 7.05 Å². The number of aromatic nitrogens is 1. The minimum atomic E-state index is -0.963. The SMILES string of the molecule is CC(C)c1ccc(C(=O)N(C)Cc2ccc(C(=O)O)cc2)nc1. The van der Waals surface area contributed by atoms with Gasteiger partial charge < -0.3 is 10.0 Å². The van der Waals surface area contributed by atoms with Gasteiger partial charge in [0.15, 0.2) is 0 Å². The number of carbonyl (C=O) groups is 2. The molecule has 0 aliphatic heterocycles. The second-order valence-corrected chi connectivity index (χ2v) is 5.79. The van der Waals surface area contributed by atoms with E-state index >= 15 is 0 Å². The van der Waals surface area contributed by atoms with Crippen LogP contribution in [0.5, 0.6) is 0 Å². The summed E-state index contributed by atoms with van der Waals surface area (Å²) in [5.41, 5.74) is 2.59. The Hall–Kier alpha value is -2.69. The normalized spacial score (nSPS) is 10.6. The topological polar surface area (TPSA) is 70.5 Å². The van der Waals surface area contributed by atoms with Crippen LogP contribution in [0.15, 0.2) is 42.6 Å². The van der Waals surface area contributed by atoms with E-state index < -0.39 is 5.97 Å². The summed E-state index contributed by atoms with van der Waals surface area (Å²) in [6.07, 6.45) is 1.73. The standard InChI is InChI=1S/C18H20N2O3/c1-12(2)15-8-9-16(19-10-15)17(21)20(3)11-13-4-6-14(7-5-13)18(22)23/h4-10,12H,11H2,1-3H3,(H,22,23). The molecule has 0 fully saturated rings. The number of benzene rings is 1. The zero-order valence-corrected chi connectivity index (χ0v) is 13.5. The van der Waals surface area contributed by atoms with Crippen molar-refractivity contribution in [3.63, 3.8) is 0 Å². The van der Waals surface area contributed by atoms with E-state index in [-0.39, 0.29) is 11.5 Å². The Bertz CT molecular complexity index is 691. The van der Waals surface area contributed by atoms with Gasteiger partial charge in [0.25, 0.3) is 5.91 Å². The van der Waals surface area contributed by atoms with Crippen molar-refractivity contribution in [1.29, 1.82) is 0 Å². The van der Waals surface area contributed by atoms with E-state index in [4.69, 9.17) is 5.11 Å². The molecule has 1 N–H and O–H groups in total. The molecule has 0 atom stereocenters. The van der Waals surface area contributed by atoms with Crippen molar-refractivity contribution >= 4 is 11.9 Å². The smallest absolute Gasteiger partial charge is 0.335 e. The van der Waals surface area contributed by atoms with Gasteiger partial charge in [0.2, 0.25) is 0 Å². The van der Waals surface area contributed by atoms with E-state index in [9.17, 15) is 9.59 Å². The molecule has 0 saturated heterocycles. The summed E-state index contributed by atoms with van der Waals surface area (Å²) in [6, 6.07) is 10.1. The second kappa shape index (κ2) is 7.05. The van der Waals surface area contributed by atoms with Crippen molar-refractivity contribution in [3.8, 4) is 0 Å². The summed E-state index contributed by atoms with van der Waals surface area (Å²) in [7, 11) is 1.70. The Morgan fingerprint density at radius 1 is 1.13 bits per heavy atom. The summed E-state index contributed by atoms with van der Waals surface area (Å²) in [5, 5.41) is 8.88. The van der Waals surface area contributed by atoms with Crippen LogP contribution in [-0.2, 0) is 6.54 Å². The van der Waals surface area contributed by atoms with Gasteiger partial charge >= 0.3 is 5.97 Å². The number of carbonyl (C=O) groups excluding carboxylic acids is 1. The van der Waals surface area contributed by atoms with Gasteiger partial charge in [-0.1, -0.05) is 32.0 Å². The van der Waals surface area contributed by atoms with Crippen LogP contribution < -0.4 is 0 Å². The predicted octanol–water partition coefficient (Wildman–Crippen LogP) is 3.18. The summed E-state index contributed by atoms with van der Waals surface area (Å²) in [5.74, 6) is -0.754. The van der Waals surface area contributed by atoms with Gasteiger partial charge in [-0.2, -0.15) is 0 Å². The number of nitrogens with zero attached hydrogens (tertiary/aromatic N) is 2. The molecule has 5 heteroatoms. The maximum absolute atomic E-state index is 12.4. The number of hydrogen-bond acceptors (Lipinski definition) is 3. The quantitative estimate of drug-likeness (QED) is 0.920.